The molecular formula is C23H25ClN4S. The topological polar surface area (TPSA) is 54.5 Å². The van der Waals surface area contributed by atoms with E-state index in [-0.39, 0.29) is 0 Å². The van der Waals surface area contributed by atoms with Crippen LogP contribution in [0.1, 0.15) is 44.2 Å². The molecular weight excluding hydrogens is 400 g/mol. The molecule has 1 aromatic heterocycles. The quantitative estimate of drug-likeness (QED) is 0.363. The van der Waals surface area contributed by atoms with Crippen LogP contribution >= 0.6 is 23.4 Å². The SMILES string of the molecule is CCCC[C@H](C)Cn1c(SCc2ccccc2C#N)nnc1-c1ccc(Cl)cc1. The van der Waals surface area contributed by atoms with Crippen molar-refractivity contribution in [1.82, 2.24) is 14.8 Å². The van der Waals surface area contributed by atoms with Crippen LogP contribution in [0, 0.1) is 17.2 Å². The third-order valence-electron chi connectivity index (χ3n) is 4.86. The van der Waals surface area contributed by atoms with Gasteiger partial charge in [0.05, 0.1) is 11.6 Å². The molecule has 150 valence electrons. The summed E-state index contributed by atoms with van der Waals surface area (Å²) < 4.78 is 2.21. The summed E-state index contributed by atoms with van der Waals surface area (Å²) in [5.41, 5.74) is 2.73. The number of nitriles is 1. The molecule has 2 aromatic carbocycles. The van der Waals surface area contributed by atoms with Gasteiger partial charge in [-0.25, -0.2) is 0 Å². The van der Waals surface area contributed by atoms with Crippen molar-refractivity contribution in [3.8, 4) is 17.5 Å². The Bertz CT molecular complexity index is 975. The van der Waals surface area contributed by atoms with E-state index in [2.05, 4.69) is 34.7 Å². The van der Waals surface area contributed by atoms with Crippen molar-refractivity contribution >= 4 is 23.4 Å². The van der Waals surface area contributed by atoms with Crippen molar-refractivity contribution in [1.29, 1.82) is 5.26 Å². The molecule has 0 saturated heterocycles. The predicted octanol–water partition coefficient (Wildman–Crippen LogP) is 6.59. The Morgan fingerprint density at radius 2 is 1.90 bits per heavy atom. The van der Waals surface area contributed by atoms with E-state index in [9.17, 15) is 5.26 Å². The van der Waals surface area contributed by atoms with Crippen molar-refractivity contribution in [3.63, 3.8) is 0 Å². The van der Waals surface area contributed by atoms with Gasteiger partial charge in [-0.3, -0.25) is 0 Å². The number of unbranched alkanes of at least 4 members (excludes halogenated alkanes) is 1. The van der Waals surface area contributed by atoms with Crippen molar-refractivity contribution in [2.24, 2.45) is 5.92 Å². The second-order valence-electron chi connectivity index (χ2n) is 7.23. The summed E-state index contributed by atoms with van der Waals surface area (Å²) in [5.74, 6) is 2.08. The summed E-state index contributed by atoms with van der Waals surface area (Å²) in [6.45, 7) is 5.37. The molecule has 1 heterocycles. The molecule has 6 heteroatoms. The Hall–Kier alpha value is -2.29. The fourth-order valence-electron chi connectivity index (χ4n) is 3.23. The van der Waals surface area contributed by atoms with Gasteiger partial charge in [0.1, 0.15) is 0 Å². The maximum absolute atomic E-state index is 9.34. The molecule has 3 aromatic rings. The fourth-order valence-corrected chi connectivity index (χ4v) is 4.30. The van der Waals surface area contributed by atoms with Gasteiger partial charge in [-0.2, -0.15) is 5.26 Å². The third-order valence-corrected chi connectivity index (χ3v) is 6.13. The van der Waals surface area contributed by atoms with Gasteiger partial charge in [-0.15, -0.1) is 10.2 Å². The average Bonchev–Trinajstić information content (AvgIpc) is 3.13. The van der Waals surface area contributed by atoms with E-state index in [0.29, 0.717) is 22.3 Å². The molecule has 0 bridgehead atoms. The zero-order valence-corrected chi connectivity index (χ0v) is 18.4. The molecule has 0 aliphatic rings. The van der Waals surface area contributed by atoms with Crippen LogP contribution in [0.25, 0.3) is 11.4 Å². The van der Waals surface area contributed by atoms with Gasteiger partial charge < -0.3 is 4.57 Å². The minimum Gasteiger partial charge on any atom is -0.302 e. The molecule has 0 radical (unpaired) electrons. The standard InChI is InChI=1S/C23H25ClN4S/c1-3-4-7-17(2)15-28-22(18-10-12-21(24)13-11-18)26-27-23(28)29-16-20-9-6-5-8-19(20)14-25/h5-6,8-13,17H,3-4,7,15-16H2,1-2H3/t17-/m0/s1. The molecule has 0 unspecified atom stereocenters. The molecule has 0 saturated carbocycles. The molecule has 3 rings (SSSR count). The highest BCUT2D eigenvalue weighted by Crippen LogP contribution is 2.29. The summed E-state index contributed by atoms with van der Waals surface area (Å²) >= 11 is 7.68. The molecule has 29 heavy (non-hydrogen) atoms. The van der Waals surface area contributed by atoms with Crippen LogP contribution < -0.4 is 0 Å². The Morgan fingerprint density at radius 3 is 2.62 bits per heavy atom. The van der Waals surface area contributed by atoms with Crippen LogP contribution in [0.4, 0.5) is 0 Å². The molecule has 4 nitrogen and oxygen atoms in total. The number of hydrogen-bond acceptors (Lipinski definition) is 4. The normalized spacial score (nSPS) is 11.9. The number of nitrogens with zero attached hydrogens (tertiary/aromatic N) is 4. The average molecular weight is 425 g/mol. The van der Waals surface area contributed by atoms with Gasteiger partial charge in [0, 0.05) is 22.9 Å². The van der Waals surface area contributed by atoms with Crippen molar-refractivity contribution in [2.45, 2.75) is 50.6 Å². The highest BCUT2D eigenvalue weighted by atomic mass is 35.5. The number of thioether (sulfide) groups is 1. The highest BCUT2D eigenvalue weighted by Gasteiger charge is 2.17. The second-order valence-corrected chi connectivity index (χ2v) is 8.61. The van der Waals surface area contributed by atoms with E-state index in [0.717, 1.165) is 28.7 Å². The first-order valence-corrected chi connectivity index (χ1v) is 11.3. The van der Waals surface area contributed by atoms with Gasteiger partial charge in [-0.05, 0) is 48.2 Å². The fraction of sp³-hybridized carbons (Fsp3) is 0.348. The van der Waals surface area contributed by atoms with Gasteiger partial charge in [0.2, 0.25) is 0 Å². The minimum atomic E-state index is 0.530. The van der Waals surface area contributed by atoms with Gasteiger partial charge >= 0.3 is 0 Å². The lowest BCUT2D eigenvalue weighted by Gasteiger charge is -2.16. The first kappa shape index (κ1) is 21.4. The largest absolute Gasteiger partial charge is 0.302 e. The Labute approximate surface area is 181 Å². The lowest BCUT2D eigenvalue weighted by molar-refractivity contribution is 0.421. The number of halogens is 1. The number of rotatable bonds is 9. The Balaban J connectivity index is 1.87. The molecule has 0 fully saturated rings. The predicted molar refractivity (Wildman–Crippen MR) is 120 cm³/mol. The van der Waals surface area contributed by atoms with Crippen molar-refractivity contribution in [3.05, 3.63) is 64.7 Å². The van der Waals surface area contributed by atoms with Gasteiger partial charge in [0.25, 0.3) is 0 Å². The summed E-state index contributed by atoms with van der Waals surface area (Å²) in [7, 11) is 0. The lowest BCUT2D eigenvalue weighted by atomic mass is 10.0. The number of aromatic nitrogens is 3. The Kier molecular flexibility index (Phi) is 7.74. The summed E-state index contributed by atoms with van der Waals surface area (Å²) in [5, 5.41) is 19.9. The second kappa shape index (κ2) is 10.5. The van der Waals surface area contributed by atoms with Crippen molar-refractivity contribution < 1.29 is 0 Å². The smallest absolute Gasteiger partial charge is 0.191 e. The molecule has 1 atom stereocenters. The zero-order chi connectivity index (χ0) is 20.6. The van der Waals surface area contributed by atoms with Crippen molar-refractivity contribution in [2.75, 3.05) is 0 Å². The minimum absolute atomic E-state index is 0.530. The first-order valence-electron chi connectivity index (χ1n) is 9.92. The monoisotopic (exact) mass is 424 g/mol. The van der Waals surface area contributed by atoms with E-state index >= 15 is 0 Å². The zero-order valence-electron chi connectivity index (χ0n) is 16.8. The number of hydrogen-bond donors (Lipinski definition) is 0. The summed E-state index contributed by atoms with van der Waals surface area (Å²) in [6, 6.07) is 17.7. The van der Waals surface area contributed by atoms with Crippen LogP contribution in [0.15, 0.2) is 53.7 Å². The van der Waals surface area contributed by atoms with Crippen LogP contribution in [0.3, 0.4) is 0 Å². The van der Waals surface area contributed by atoms with E-state index < -0.39 is 0 Å². The molecule has 0 aliphatic heterocycles. The Morgan fingerprint density at radius 1 is 1.14 bits per heavy atom. The van der Waals surface area contributed by atoms with E-state index in [1.807, 2.05) is 48.5 Å². The van der Waals surface area contributed by atoms with Gasteiger partial charge in [0.15, 0.2) is 11.0 Å². The van der Waals surface area contributed by atoms with Crippen LogP contribution in [-0.2, 0) is 12.3 Å². The van der Waals surface area contributed by atoms with Crippen LogP contribution in [0.2, 0.25) is 5.02 Å². The maximum atomic E-state index is 9.34. The molecule has 0 N–H and O–H groups in total. The van der Waals surface area contributed by atoms with E-state index in [1.165, 1.54) is 19.3 Å². The van der Waals surface area contributed by atoms with E-state index in [1.54, 1.807) is 11.8 Å². The lowest BCUT2D eigenvalue weighted by Crippen LogP contribution is -2.10. The maximum Gasteiger partial charge on any atom is 0.191 e. The van der Waals surface area contributed by atoms with Crippen LogP contribution in [0.5, 0.6) is 0 Å². The highest BCUT2D eigenvalue weighted by molar-refractivity contribution is 7.98. The molecule has 0 spiro atoms. The first-order chi connectivity index (χ1) is 14.1. The molecule has 0 amide bonds. The molecule has 0 aliphatic carbocycles. The summed E-state index contributed by atoms with van der Waals surface area (Å²) in [4.78, 5) is 0. The summed E-state index contributed by atoms with van der Waals surface area (Å²) in [6.07, 6.45) is 3.59. The van der Waals surface area contributed by atoms with E-state index in [4.69, 9.17) is 11.6 Å². The third kappa shape index (κ3) is 5.62. The number of benzene rings is 2. The van der Waals surface area contributed by atoms with Gasteiger partial charge in [-0.1, -0.05) is 68.3 Å². The van der Waals surface area contributed by atoms with Crippen LogP contribution in [-0.4, -0.2) is 14.8 Å².